The van der Waals surface area contributed by atoms with Crippen molar-refractivity contribution in [1.82, 2.24) is 9.97 Å². The van der Waals surface area contributed by atoms with Crippen molar-refractivity contribution in [3.05, 3.63) is 66.7 Å². The molecule has 0 aliphatic rings. The van der Waals surface area contributed by atoms with Gasteiger partial charge in [-0.1, -0.05) is 0 Å². The standard InChI is InChI=1S/C15H11FN4O/c16-14-7-12(1-2-13(14)15-9-18-10-21-15)20-19-8-11-3-5-17-6-4-11/h1-10,20H/b19-8+. The van der Waals surface area contributed by atoms with E-state index in [-0.39, 0.29) is 0 Å². The first-order valence-corrected chi connectivity index (χ1v) is 6.20. The van der Waals surface area contributed by atoms with Crippen molar-refractivity contribution >= 4 is 11.9 Å². The van der Waals surface area contributed by atoms with E-state index < -0.39 is 5.82 Å². The highest BCUT2D eigenvalue weighted by Gasteiger charge is 2.08. The molecule has 0 spiro atoms. The van der Waals surface area contributed by atoms with Gasteiger partial charge in [0, 0.05) is 12.4 Å². The van der Waals surface area contributed by atoms with Gasteiger partial charge < -0.3 is 4.42 Å². The van der Waals surface area contributed by atoms with Crippen molar-refractivity contribution in [2.45, 2.75) is 0 Å². The van der Waals surface area contributed by atoms with Gasteiger partial charge in [-0.25, -0.2) is 9.37 Å². The predicted molar refractivity (Wildman–Crippen MR) is 77.4 cm³/mol. The summed E-state index contributed by atoms with van der Waals surface area (Å²) >= 11 is 0. The van der Waals surface area contributed by atoms with Crippen LogP contribution in [0.25, 0.3) is 11.3 Å². The molecule has 0 atom stereocenters. The fourth-order valence-electron chi connectivity index (χ4n) is 1.76. The zero-order valence-electron chi connectivity index (χ0n) is 10.9. The van der Waals surface area contributed by atoms with Crippen molar-refractivity contribution in [2.24, 2.45) is 5.10 Å². The summed E-state index contributed by atoms with van der Waals surface area (Å²) in [6.07, 6.45) is 7.71. The first kappa shape index (κ1) is 13.0. The van der Waals surface area contributed by atoms with Crippen molar-refractivity contribution < 1.29 is 8.81 Å². The lowest BCUT2D eigenvalue weighted by atomic mass is 10.1. The van der Waals surface area contributed by atoms with Crippen LogP contribution in [0.5, 0.6) is 0 Å². The van der Waals surface area contributed by atoms with Crippen LogP contribution in [0.2, 0.25) is 0 Å². The minimum absolute atomic E-state index is 0.358. The van der Waals surface area contributed by atoms with Gasteiger partial charge in [-0.15, -0.1) is 0 Å². The molecule has 0 saturated carbocycles. The highest BCUT2D eigenvalue weighted by atomic mass is 19.1. The second kappa shape index (κ2) is 5.96. The molecular weight excluding hydrogens is 271 g/mol. The molecule has 1 N–H and O–H groups in total. The maximum absolute atomic E-state index is 14.0. The maximum atomic E-state index is 14.0. The minimum Gasteiger partial charge on any atom is -0.443 e. The normalized spacial score (nSPS) is 10.9. The summed E-state index contributed by atoms with van der Waals surface area (Å²) in [4.78, 5) is 7.68. The Bertz CT molecular complexity index is 742. The molecule has 3 rings (SSSR count). The molecule has 2 aromatic heterocycles. The highest BCUT2D eigenvalue weighted by Crippen LogP contribution is 2.24. The van der Waals surface area contributed by atoms with Gasteiger partial charge >= 0.3 is 0 Å². The molecule has 2 heterocycles. The SMILES string of the molecule is Fc1cc(N/N=C/c2ccncc2)ccc1-c1cnco1. The van der Waals surface area contributed by atoms with Crippen LogP contribution in [0.4, 0.5) is 10.1 Å². The van der Waals surface area contributed by atoms with Crippen LogP contribution in [0.1, 0.15) is 5.56 Å². The number of oxazole rings is 1. The lowest BCUT2D eigenvalue weighted by Gasteiger charge is -2.03. The lowest BCUT2D eigenvalue weighted by Crippen LogP contribution is -1.92. The van der Waals surface area contributed by atoms with E-state index in [4.69, 9.17) is 4.42 Å². The fraction of sp³-hybridized carbons (Fsp3) is 0. The molecule has 0 unspecified atom stereocenters. The summed E-state index contributed by atoms with van der Waals surface area (Å²) in [5, 5.41) is 4.04. The van der Waals surface area contributed by atoms with Gasteiger partial charge in [0.15, 0.2) is 12.2 Å². The number of aromatic nitrogens is 2. The van der Waals surface area contributed by atoms with Crippen LogP contribution in [0, 0.1) is 5.82 Å². The van der Waals surface area contributed by atoms with E-state index in [0.29, 0.717) is 17.0 Å². The molecule has 6 heteroatoms. The first-order valence-electron chi connectivity index (χ1n) is 6.20. The molecule has 0 fully saturated rings. The van der Waals surface area contributed by atoms with E-state index in [1.165, 1.54) is 18.7 Å². The molecule has 5 nitrogen and oxygen atoms in total. The van der Waals surface area contributed by atoms with Gasteiger partial charge in [0.05, 0.1) is 23.7 Å². The molecular formula is C15H11FN4O. The van der Waals surface area contributed by atoms with E-state index in [1.807, 2.05) is 12.1 Å². The van der Waals surface area contributed by atoms with Crippen LogP contribution in [-0.2, 0) is 0 Å². The Morgan fingerprint density at radius 3 is 2.71 bits per heavy atom. The van der Waals surface area contributed by atoms with Crippen LogP contribution >= 0.6 is 0 Å². The number of hydrazone groups is 1. The van der Waals surface area contributed by atoms with Crippen LogP contribution in [0.3, 0.4) is 0 Å². The Labute approximate surface area is 120 Å². The van der Waals surface area contributed by atoms with Gasteiger partial charge in [-0.2, -0.15) is 5.10 Å². The molecule has 3 aromatic rings. The Hall–Kier alpha value is -3.02. The molecule has 0 saturated heterocycles. The van der Waals surface area contributed by atoms with Gasteiger partial charge in [-0.3, -0.25) is 10.4 Å². The average molecular weight is 282 g/mol. The molecule has 104 valence electrons. The Morgan fingerprint density at radius 1 is 1.14 bits per heavy atom. The quantitative estimate of drug-likeness (QED) is 0.589. The largest absolute Gasteiger partial charge is 0.443 e. The van der Waals surface area contributed by atoms with Crippen LogP contribution in [-0.4, -0.2) is 16.2 Å². The van der Waals surface area contributed by atoms with E-state index in [9.17, 15) is 4.39 Å². The number of benzene rings is 1. The molecule has 0 bridgehead atoms. The van der Waals surface area contributed by atoms with Crippen molar-refractivity contribution in [3.63, 3.8) is 0 Å². The molecule has 0 aliphatic carbocycles. The summed E-state index contributed by atoms with van der Waals surface area (Å²) in [5.41, 5.74) is 4.57. The second-order valence-electron chi connectivity index (χ2n) is 4.21. The maximum Gasteiger partial charge on any atom is 0.181 e. The third kappa shape index (κ3) is 3.11. The average Bonchev–Trinajstić information content (AvgIpc) is 3.02. The van der Waals surface area contributed by atoms with Gasteiger partial charge in [0.2, 0.25) is 0 Å². The molecule has 0 radical (unpaired) electrons. The van der Waals surface area contributed by atoms with E-state index in [0.717, 1.165) is 5.56 Å². The van der Waals surface area contributed by atoms with E-state index in [2.05, 4.69) is 20.5 Å². The smallest absolute Gasteiger partial charge is 0.181 e. The number of hydrogen-bond acceptors (Lipinski definition) is 5. The van der Waals surface area contributed by atoms with Crippen molar-refractivity contribution in [3.8, 4) is 11.3 Å². The monoisotopic (exact) mass is 282 g/mol. The number of anilines is 1. The number of pyridine rings is 1. The zero-order valence-corrected chi connectivity index (χ0v) is 10.9. The summed E-state index contributed by atoms with van der Waals surface area (Å²) < 4.78 is 19.0. The van der Waals surface area contributed by atoms with Gasteiger partial charge in [0.25, 0.3) is 0 Å². The van der Waals surface area contributed by atoms with Crippen LogP contribution in [0.15, 0.2) is 64.8 Å². The summed E-state index contributed by atoms with van der Waals surface area (Å²) in [6, 6.07) is 8.31. The van der Waals surface area contributed by atoms with Crippen LogP contribution < -0.4 is 5.43 Å². The number of hydrogen-bond donors (Lipinski definition) is 1. The van der Waals surface area contributed by atoms with Gasteiger partial charge in [0.1, 0.15) is 5.82 Å². The molecule has 21 heavy (non-hydrogen) atoms. The number of nitrogens with one attached hydrogen (secondary N) is 1. The van der Waals surface area contributed by atoms with Gasteiger partial charge in [-0.05, 0) is 35.9 Å². The topological polar surface area (TPSA) is 63.3 Å². The van der Waals surface area contributed by atoms with E-state index in [1.54, 1.807) is 30.7 Å². The zero-order chi connectivity index (χ0) is 14.5. The first-order chi connectivity index (χ1) is 10.3. The molecule has 0 aliphatic heterocycles. The third-order valence-corrected chi connectivity index (χ3v) is 2.78. The number of rotatable bonds is 4. The number of halogens is 1. The number of nitrogens with zero attached hydrogens (tertiary/aromatic N) is 3. The minimum atomic E-state index is -0.407. The third-order valence-electron chi connectivity index (χ3n) is 2.78. The van der Waals surface area contributed by atoms with Crippen molar-refractivity contribution in [2.75, 3.05) is 5.43 Å². The highest BCUT2D eigenvalue weighted by molar-refractivity contribution is 5.79. The summed E-state index contributed by atoms with van der Waals surface area (Å²) in [5.74, 6) is -0.0183. The Balaban J connectivity index is 1.73. The summed E-state index contributed by atoms with van der Waals surface area (Å²) in [7, 11) is 0. The second-order valence-corrected chi connectivity index (χ2v) is 4.21. The molecule has 1 aromatic carbocycles. The molecule has 0 amide bonds. The Kier molecular flexibility index (Phi) is 3.68. The Morgan fingerprint density at radius 2 is 2.00 bits per heavy atom. The van der Waals surface area contributed by atoms with Crippen molar-refractivity contribution in [1.29, 1.82) is 0 Å². The fourth-order valence-corrected chi connectivity index (χ4v) is 1.76. The summed E-state index contributed by atoms with van der Waals surface area (Å²) in [6.45, 7) is 0. The lowest BCUT2D eigenvalue weighted by molar-refractivity contribution is 0.561. The predicted octanol–water partition coefficient (Wildman–Crippen LogP) is 3.32. The van der Waals surface area contributed by atoms with E-state index >= 15 is 0 Å².